The number of ether oxygens (including phenoxy) is 2. The molecule has 0 spiro atoms. The van der Waals surface area contributed by atoms with E-state index in [1.807, 2.05) is 56.3 Å². The van der Waals surface area contributed by atoms with E-state index in [0.717, 1.165) is 29.7 Å². The van der Waals surface area contributed by atoms with Crippen molar-refractivity contribution in [2.45, 2.75) is 52.5 Å². The number of para-hydroxylation sites is 1. The summed E-state index contributed by atoms with van der Waals surface area (Å²) in [7, 11) is 1.61. The first-order valence-electron chi connectivity index (χ1n) is 12.0. The van der Waals surface area contributed by atoms with Gasteiger partial charge in [0.2, 0.25) is 5.95 Å². The van der Waals surface area contributed by atoms with Crippen molar-refractivity contribution in [2.75, 3.05) is 24.4 Å². The molecule has 2 N–H and O–H groups in total. The monoisotopic (exact) mass is 476 g/mol. The van der Waals surface area contributed by atoms with E-state index in [-0.39, 0.29) is 5.91 Å². The average molecular weight is 477 g/mol. The van der Waals surface area contributed by atoms with E-state index in [2.05, 4.69) is 33.1 Å². The molecule has 2 aromatic carbocycles. The molecule has 4 rings (SSSR count). The number of carbonyl (C=O) groups is 1. The molecule has 3 aromatic rings. The number of nitrogens with one attached hydrogen (secondary N) is 2. The van der Waals surface area contributed by atoms with Crippen molar-refractivity contribution >= 4 is 17.5 Å². The highest BCUT2D eigenvalue weighted by Crippen LogP contribution is 2.38. The first kappa shape index (κ1) is 24.3. The minimum Gasteiger partial charge on any atom is -0.493 e. The summed E-state index contributed by atoms with van der Waals surface area (Å²) in [5.74, 6) is 1.51. The van der Waals surface area contributed by atoms with Crippen molar-refractivity contribution < 1.29 is 14.3 Å². The van der Waals surface area contributed by atoms with Gasteiger partial charge in [0.15, 0.2) is 11.5 Å². The molecule has 1 aromatic heterocycles. The van der Waals surface area contributed by atoms with Gasteiger partial charge in [-0.2, -0.15) is 4.68 Å². The highest BCUT2D eigenvalue weighted by molar-refractivity contribution is 6.06. The normalized spacial score (nSPS) is 14.8. The van der Waals surface area contributed by atoms with E-state index in [1.54, 1.807) is 11.8 Å². The summed E-state index contributed by atoms with van der Waals surface area (Å²) in [4.78, 5) is 13.5. The van der Waals surface area contributed by atoms with E-state index in [1.165, 1.54) is 12.8 Å². The van der Waals surface area contributed by atoms with Gasteiger partial charge in [-0.3, -0.25) is 4.79 Å². The molecule has 0 bridgehead atoms. The fraction of sp³-hybridized carbons (Fsp3) is 0.385. The van der Waals surface area contributed by atoms with Crippen LogP contribution < -0.4 is 20.1 Å². The van der Waals surface area contributed by atoms with Crippen LogP contribution in [-0.2, 0) is 4.79 Å². The number of nitrogens with zero attached hydrogens (tertiary/aromatic N) is 4. The average Bonchev–Trinajstić information content (AvgIpc) is 3.32. The van der Waals surface area contributed by atoms with Crippen LogP contribution in [0.25, 0.3) is 0 Å². The molecule has 0 saturated carbocycles. The molecule has 9 nitrogen and oxygen atoms in total. The predicted molar refractivity (Wildman–Crippen MR) is 135 cm³/mol. The van der Waals surface area contributed by atoms with Crippen LogP contribution in [0.2, 0.25) is 0 Å². The van der Waals surface area contributed by atoms with Crippen molar-refractivity contribution in [1.82, 2.24) is 20.2 Å². The maximum Gasteiger partial charge on any atom is 0.255 e. The summed E-state index contributed by atoms with van der Waals surface area (Å²) in [6.45, 7) is 6.62. The lowest BCUT2D eigenvalue weighted by atomic mass is 9.94. The summed E-state index contributed by atoms with van der Waals surface area (Å²) in [5.41, 5.74) is 3.74. The second kappa shape index (κ2) is 11.0. The van der Waals surface area contributed by atoms with Gasteiger partial charge in [-0.25, -0.2) is 0 Å². The van der Waals surface area contributed by atoms with Gasteiger partial charge < -0.3 is 20.1 Å². The first-order valence-corrected chi connectivity index (χ1v) is 12.0. The van der Waals surface area contributed by atoms with E-state index < -0.39 is 6.04 Å². The van der Waals surface area contributed by atoms with Crippen molar-refractivity contribution in [3.8, 4) is 11.5 Å². The Hall–Kier alpha value is -3.88. The number of hydrogen-bond donors (Lipinski definition) is 2. The number of fused-ring (bicyclic) bond motifs is 1. The van der Waals surface area contributed by atoms with Crippen molar-refractivity contribution in [1.29, 1.82) is 0 Å². The van der Waals surface area contributed by atoms with Gasteiger partial charge >= 0.3 is 0 Å². The number of allylic oxidation sites excluding steroid dienone is 1. The summed E-state index contributed by atoms with van der Waals surface area (Å²) in [5, 5.41) is 18.2. The van der Waals surface area contributed by atoms with Gasteiger partial charge in [0.05, 0.1) is 19.3 Å². The van der Waals surface area contributed by atoms with Crippen LogP contribution in [0.15, 0.2) is 53.7 Å². The number of amides is 1. The molecule has 1 amide bonds. The number of aromatic nitrogens is 4. The molecule has 1 aliphatic rings. The molecule has 35 heavy (non-hydrogen) atoms. The van der Waals surface area contributed by atoms with Gasteiger partial charge in [0.25, 0.3) is 5.91 Å². The number of anilines is 2. The Morgan fingerprint density at radius 1 is 1.11 bits per heavy atom. The number of tetrazole rings is 1. The van der Waals surface area contributed by atoms with E-state index in [0.29, 0.717) is 35.3 Å². The lowest BCUT2D eigenvalue weighted by Crippen LogP contribution is -2.31. The van der Waals surface area contributed by atoms with E-state index in [9.17, 15) is 4.79 Å². The second-order valence-electron chi connectivity index (χ2n) is 8.60. The predicted octanol–water partition coefficient (Wildman–Crippen LogP) is 4.88. The van der Waals surface area contributed by atoms with Crippen molar-refractivity contribution in [3.05, 3.63) is 64.9 Å². The number of methoxy groups -OCH3 is 1. The molecule has 1 atom stereocenters. The summed E-state index contributed by atoms with van der Waals surface area (Å²) >= 11 is 0. The lowest BCUT2D eigenvalue weighted by Gasteiger charge is -2.28. The van der Waals surface area contributed by atoms with Gasteiger partial charge in [0, 0.05) is 11.4 Å². The van der Waals surface area contributed by atoms with E-state index >= 15 is 0 Å². The number of aryl methyl sites for hydroxylation is 1. The Bertz CT molecular complexity index is 1220. The quantitative estimate of drug-likeness (QED) is 0.402. The van der Waals surface area contributed by atoms with Crippen LogP contribution in [0.5, 0.6) is 11.5 Å². The third-order valence-corrected chi connectivity index (χ3v) is 6.11. The first-order chi connectivity index (χ1) is 17.0. The zero-order valence-electron chi connectivity index (χ0n) is 20.7. The molecule has 1 unspecified atom stereocenters. The summed E-state index contributed by atoms with van der Waals surface area (Å²) < 4.78 is 13.2. The molecule has 9 heteroatoms. The maximum atomic E-state index is 13.5. The van der Waals surface area contributed by atoms with Crippen LogP contribution in [0.1, 0.15) is 56.7 Å². The standard InChI is InChI=1S/C26H32N6O3/c1-5-6-7-10-15-35-21-14-13-19(16-22(21)34-4)24-23(18(3)27-26-29-30-31-32(24)26)25(33)28-20-12-9-8-11-17(20)2/h8-9,11-14,16,24H,5-7,10,15H2,1-4H3,(H,28,33)(H,27,29,31). The SMILES string of the molecule is CCCCCCOc1ccc(C2C(C(=O)Nc3ccccc3C)=C(C)Nc3nnnn32)cc1OC. The minimum absolute atomic E-state index is 0.231. The third-order valence-electron chi connectivity index (χ3n) is 6.11. The number of hydrogen-bond acceptors (Lipinski definition) is 7. The van der Waals surface area contributed by atoms with Crippen LogP contribution >= 0.6 is 0 Å². The summed E-state index contributed by atoms with van der Waals surface area (Å²) in [6.07, 6.45) is 4.51. The molecule has 0 saturated heterocycles. The smallest absolute Gasteiger partial charge is 0.255 e. The molecule has 0 radical (unpaired) electrons. The second-order valence-corrected chi connectivity index (χ2v) is 8.60. The van der Waals surface area contributed by atoms with Crippen LogP contribution in [0.3, 0.4) is 0 Å². The third kappa shape index (κ3) is 5.29. The largest absolute Gasteiger partial charge is 0.493 e. The molecule has 2 heterocycles. The fourth-order valence-corrected chi connectivity index (χ4v) is 4.20. The Morgan fingerprint density at radius 2 is 1.94 bits per heavy atom. The van der Waals surface area contributed by atoms with Gasteiger partial charge in [0.1, 0.15) is 6.04 Å². The molecule has 0 fully saturated rings. The van der Waals surface area contributed by atoms with Crippen LogP contribution in [0, 0.1) is 6.92 Å². The lowest BCUT2D eigenvalue weighted by molar-refractivity contribution is -0.113. The van der Waals surface area contributed by atoms with E-state index in [4.69, 9.17) is 9.47 Å². The van der Waals surface area contributed by atoms with Crippen LogP contribution in [-0.4, -0.2) is 39.8 Å². The molecular formula is C26H32N6O3. The van der Waals surface area contributed by atoms with Crippen molar-refractivity contribution in [2.24, 2.45) is 0 Å². The highest BCUT2D eigenvalue weighted by atomic mass is 16.5. The molecule has 184 valence electrons. The number of unbranched alkanes of at least 4 members (excludes halogenated alkanes) is 3. The number of rotatable bonds is 10. The number of benzene rings is 2. The minimum atomic E-state index is -0.544. The zero-order valence-corrected chi connectivity index (χ0v) is 20.7. The zero-order chi connectivity index (χ0) is 24.8. The van der Waals surface area contributed by atoms with Gasteiger partial charge in [-0.1, -0.05) is 55.6 Å². The molecular weight excluding hydrogens is 444 g/mol. The van der Waals surface area contributed by atoms with Gasteiger partial charge in [-0.05, 0) is 60.0 Å². The molecule has 1 aliphatic heterocycles. The van der Waals surface area contributed by atoms with Crippen LogP contribution in [0.4, 0.5) is 11.6 Å². The maximum absolute atomic E-state index is 13.5. The Kier molecular flexibility index (Phi) is 7.64. The Labute approximate surface area is 205 Å². The Balaban J connectivity index is 1.65. The van der Waals surface area contributed by atoms with Crippen molar-refractivity contribution in [3.63, 3.8) is 0 Å². The van der Waals surface area contributed by atoms with Gasteiger partial charge in [-0.15, -0.1) is 0 Å². The number of carbonyl (C=O) groups excluding carboxylic acids is 1. The highest BCUT2D eigenvalue weighted by Gasteiger charge is 2.34. The Morgan fingerprint density at radius 3 is 2.71 bits per heavy atom. The molecule has 0 aliphatic carbocycles. The topological polar surface area (TPSA) is 103 Å². The fourth-order valence-electron chi connectivity index (χ4n) is 4.20. The summed E-state index contributed by atoms with van der Waals surface area (Å²) in [6, 6.07) is 12.8.